The van der Waals surface area contributed by atoms with Gasteiger partial charge in [-0.25, -0.2) is 4.79 Å². The molecule has 0 aliphatic carbocycles. The Kier molecular flexibility index (Phi) is 6.11. The average Bonchev–Trinajstić information content (AvgIpc) is 3.12. The number of rotatable bonds is 4. The van der Waals surface area contributed by atoms with Crippen LogP contribution >= 0.6 is 31.9 Å². The minimum Gasteiger partial charge on any atom is -0.489 e. The second kappa shape index (κ2) is 9.02. The summed E-state index contributed by atoms with van der Waals surface area (Å²) in [6.07, 6.45) is 1.97. The predicted molar refractivity (Wildman–Crippen MR) is 128 cm³/mol. The Hall–Kier alpha value is -2.13. The molecule has 5 rings (SSSR count). The van der Waals surface area contributed by atoms with Gasteiger partial charge in [0.15, 0.2) is 0 Å². The molecular weight excluding hydrogens is 542 g/mol. The van der Waals surface area contributed by atoms with E-state index >= 15 is 0 Å². The highest BCUT2D eigenvalue weighted by Gasteiger charge is 2.36. The van der Waals surface area contributed by atoms with Crippen LogP contribution in [0.15, 0.2) is 66.4 Å². The normalized spacial score (nSPS) is 19.8. The molecule has 3 aromatic rings. The van der Waals surface area contributed by atoms with Gasteiger partial charge in [-0.15, -0.1) is 0 Å². The quantitative estimate of drug-likeness (QED) is 0.399. The van der Waals surface area contributed by atoms with E-state index in [1.807, 2.05) is 31.2 Å². The Labute approximate surface area is 202 Å². The molecule has 2 aliphatic heterocycles. The summed E-state index contributed by atoms with van der Waals surface area (Å²) in [6, 6.07) is 11.1. The van der Waals surface area contributed by atoms with Gasteiger partial charge in [-0.2, -0.15) is 0 Å². The summed E-state index contributed by atoms with van der Waals surface area (Å²) in [5.74, 6) is 2.30. The zero-order valence-electron chi connectivity index (χ0n) is 17.4. The molecule has 6 nitrogen and oxygen atoms in total. The smallest absolute Gasteiger partial charge is 0.336 e. The molecule has 0 spiro atoms. The van der Waals surface area contributed by atoms with Gasteiger partial charge in [0.05, 0.1) is 23.7 Å². The first-order chi connectivity index (χ1) is 15.5. The Morgan fingerprint density at radius 2 is 1.97 bits per heavy atom. The van der Waals surface area contributed by atoms with Crippen molar-refractivity contribution in [3.63, 3.8) is 0 Å². The molecular formula is C24H21Br2NO5. The highest BCUT2D eigenvalue weighted by molar-refractivity contribution is 9.11. The van der Waals surface area contributed by atoms with Gasteiger partial charge >= 0.3 is 5.63 Å². The molecule has 2 aliphatic rings. The van der Waals surface area contributed by atoms with Crippen LogP contribution in [0.2, 0.25) is 0 Å². The fourth-order valence-corrected chi connectivity index (χ4v) is 5.54. The van der Waals surface area contributed by atoms with Crippen molar-refractivity contribution in [3.8, 4) is 11.5 Å². The molecule has 0 radical (unpaired) electrons. The lowest BCUT2D eigenvalue weighted by Gasteiger charge is -2.32. The minimum absolute atomic E-state index is 0.00331. The molecule has 0 N–H and O–H groups in total. The van der Waals surface area contributed by atoms with Crippen LogP contribution in [0, 0.1) is 6.92 Å². The summed E-state index contributed by atoms with van der Waals surface area (Å²) in [7, 11) is 0. The van der Waals surface area contributed by atoms with Gasteiger partial charge < -0.3 is 18.6 Å². The van der Waals surface area contributed by atoms with Crippen LogP contribution in [-0.4, -0.2) is 37.8 Å². The van der Waals surface area contributed by atoms with Crippen molar-refractivity contribution in [1.82, 2.24) is 4.90 Å². The maximum atomic E-state index is 11.7. The number of hydrogen-bond acceptors (Lipinski definition) is 6. The van der Waals surface area contributed by atoms with E-state index in [9.17, 15) is 4.79 Å². The van der Waals surface area contributed by atoms with E-state index in [1.54, 1.807) is 6.07 Å². The number of benzene rings is 2. The van der Waals surface area contributed by atoms with Crippen molar-refractivity contribution < 1.29 is 18.6 Å². The molecule has 1 fully saturated rings. The summed E-state index contributed by atoms with van der Waals surface area (Å²) in [6.45, 7) is 5.28. The molecule has 0 saturated carbocycles. The molecule has 1 unspecified atom stereocenters. The third-order valence-electron chi connectivity index (χ3n) is 5.69. The van der Waals surface area contributed by atoms with Gasteiger partial charge in [-0.1, -0.05) is 15.9 Å². The van der Waals surface area contributed by atoms with Crippen LogP contribution in [0.5, 0.6) is 11.5 Å². The highest BCUT2D eigenvalue weighted by Crippen LogP contribution is 2.48. The van der Waals surface area contributed by atoms with E-state index in [0.717, 1.165) is 50.1 Å². The molecule has 1 atom stereocenters. The number of morpholine rings is 1. The fourth-order valence-electron chi connectivity index (χ4n) is 4.20. The topological polar surface area (TPSA) is 61.1 Å². The van der Waals surface area contributed by atoms with Gasteiger partial charge in [0.2, 0.25) is 0 Å². The molecule has 1 aromatic heterocycles. The van der Waals surface area contributed by atoms with Gasteiger partial charge in [-0.05, 0) is 58.8 Å². The largest absolute Gasteiger partial charge is 0.489 e. The molecule has 3 heterocycles. The first-order valence-corrected chi connectivity index (χ1v) is 11.9. The van der Waals surface area contributed by atoms with Crippen molar-refractivity contribution in [3.05, 3.63) is 78.7 Å². The van der Waals surface area contributed by atoms with E-state index in [2.05, 4.69) is 42.8 Å². The van der Waals surface area contributed by atoms with Crippen molar-refractivity contribution >= 4 is 42.8 Å². The molecule has 32 heavy (non-hydrogen) atoms. The standard InChI is InChI=1S/C24H21Br2NO5/c1-14-10-22(28)31-21-13-16(2-3-17(14)21)30-7-4-20-23(27-5-8-29-9-6-27)18-11-15(25)12-19(26)24(18)32-20/h2-4,10-13,23H,5-9H2,1H3/b20-4-. The lowest BCUT2D eigenvalue weighted by molar-refractivity contribution is 0.0206. The van der Waals surface area contributed by atoms with Crippen molar-refractivity contribution in [1.29, 1.82) is 0 Å². The Morgan fingerprint density at radius 1 is 1.16 bits per heavy atom. The Balaban J connectivity index is 1.40. The third-order valence-corrected chi connectivity index (χ3v) is 6.74. The Bertz CT molecular complexity index is 1260. The maximum absolute atomic E-state index is 11.7. The van der Waals surface area contributed by atoms with Gasteiger partial charge in [0.25, 0.3) is 0 Å². The number of aryl methyl sites for hydroxylation is 1. The minimum atomic E-state index is -0.364. The summed E-state index contributed by atoms with van der Waals surface area (Å²) in [5, 5.41) is 0.896. The SMILES string of the molecule is Cc1cc(=O)oc2cc(OC/C=C3\Oc4c(Br)cc(Br)cc4C3N3CCOCC3)ccc12. The molecule has 0 amide bonds. The van der Waals surface area contributed by atoms with Gasteiger partial charge in [-0.3, -0.25) is 4.90 Å². The number of ether oxygens (including phenoxy) is 3. The van der Waals surface area contributed by atoms with Gasteiger partial charge in [0, 0.05) is 40.6 Å². The van der Waals surface area contributed by atoms with Crippen LogP contribution in [0.4, 0.5) is 0 Å². The van der Waals surface area contributed by atoms with E-state index in [4.69, 9.17) is 18.6 Å². The van der Waals surface area contributed by atoms with E-state index < -0.39 is 0 Å². The zero-order valence-corrected chi connectivity index (χ0v) is 20.6. The lowest BCUT2D eigenvalue weighted by atomic mass is 10.0. The Morgan fingerprint density at radius 3 is 2.78 bits per heavy atom. The second-order valence-corrected chi connectivity index (χ2v) is 9.55. The lowest BCUT2D eigenvalue weighted by Crippen LogP contribution is -2.39. The fraction of sp³-hybridized carbons (Fsp3) is 0.292. The number of halogens is 2. The predicted octanol–water partition coefficient (Wildman–Crippen LogP) is 5.36. The van der Waals surface area contributed by atoms with Crippen molar-refractivity contribution in [2.45, 2.75) is 13.0 Å². The molecule has 166 valence electrons. The maximum Gasteiger partial charge on any atom is 0.336 e. The number of nitrogens with zero attached hydrogens (tertiary/aromatic N) is 1. The monoisotopic (exact) mass is 561 g/mol. The molecule has 2 aromatic carbocycles. The zero-order chi connectivity index (χ0) is 22.2. The van der Waals surface area contributed by atoms with Crippen LogP contribution in [-0.2, 0) is 4.74 Å². The third kappa shape index (κ3) is 4.24. The van der Waals surface area contributed by atoms with E-state index in [-0.39, 0.29) is 11.7 Å². The molecule has 8 heteroatoms. The molecule has 1 saturated heterocycles. The number of fused-ring (bicyclic) bond motifs is 2. The van der Waals surface area contributed by atoms with Crippen molar-refractivity contribution in [2.24, 2.45) is 0 Å². The van der Waals surface area contributed by atoms with Crippen molar-refractivity contribution in [2.75, 3.05) is 32.9 Å². The van der Waals surface area contributed by atoms with Crippen LogP contribution in [0.3, 0.4) is 0 Å². The van der Waals surface area contributed by atoms with Crippen LogP contribution in [0.25, 0.3) is 11.0 Å². The number of hydrogen-bond donors (Lipinski definition) is 0. The first-order valence-electron chi connectivity index (χ1n) is 10.4. The van der Waals surface area contributed by atoms with Crippen LogP contribution < -0.4 is 15.1 Å². The summed E-state index contributed by atoms with van der Waals surface area (Å²) in [5.41, 5.74) is 2.15. The second-order valence-electron chi connectivity index (χ2n) is 7.78. The summed E-state index contributed by atoms with van der Waals surface area (Å²) in [4.78, 5) is 14.1. The van der Waals surface area contributed by atoms with Crippen LogP contribution in [0.1, 0.15) is 17.2 Å². The van der Waals surface area contributed by atoms with Gasteiger partial charge in [0.1, 0.15) is 29.4 Å². The molecule has 0 bridgehead atoms. The van der Waals surface area contributed by atoms with E-state index in [0.29, 0.717) is 31.2 Å². The van der Waals surface area contributed by atoms with E-state index in [1.165, 1.54) is 6.07 Å². The first kappa shape index (κ1) is 21.7. The average molecular weight is 563 g/mol. The summed E-state index contributed by atoms with van der Waals surface area (Å²) >= 11 is 7.22. The highest BCUT2D eigenvalue weighted by atomic mass is 79.9. The summed E-state index contributed by atoms with van der Waals surface area (Å²) < 4.78 is 25.0.